The zero-order chi connectivity index (χ0) is 40.9. The van der Waals surface area contributed by atoms with Gasteiger partial charge in [0.2, 0.25) is 0 Å². The third-order valence-corrected chi connectivity index (χ3v) is 11.8. The number of carbonyl (C=O) groups excluding carboxylic acids is 3. The van der Waals surface area contributed by atoms with Crippen molar-refractivity contribution in [2.75, 3.05) is 40.0 Å². The van der Waals surface area contributed by atoms with Gasteiger partial charge < -0.3 is 40.6 Å². The van der Waals surface area contributed by atoms with E-state index in [1.807, 2.05) is 78.9 Å². The second-order valence-corrected chi connectivity index (χ2v) is 16.2. The molecule has 1 unspecified atom stereocenters. The topological polar surface area (TPSA) is 202 Å². The molecule has 7 N–H and O–H groups in total. The van der Waals surface area contributed by atoms with Gasteiger partial charge in [-0.2, -0.15) is 0 Å². The second-order valence-electron chi connectivity index (χ2n) is 14.5. The van der Waals surface area contributed by atoms with Crippen LogP contribution in [0.4, 0.5) is 0 Å². The normalized spacial score (nSPS) is 14.3. The van der Waals surface area contributed by atoms with E-state index in [1.54, 1.807) is 59.3 Å². The predicted molar refractivity (Wildman–Crippen MR) is 220 cm³/mol. The van der Waals surface area contributed by atoms with E-state index in [-0.39, 0.29) is 28.6 Å². The van der Waals surface area contributed by atoms with Gasteiger partial charge in [0.15, 0.2) is 5.78 Å². The quantitative estimate of drug-likeness (QED) is 0.0783. The summed E-state index contributed by atoms with van der Waals surface area (Å²) in [5.74, 6) is -1.30. The van der Waals surface area contributed by atoms with Crippen LogP contribution in [0.5, 0.6) is 0 Å². The third kappa shape index (κ3) is 8.98. The molecule has 0 aromatic heterocycles. The summed E-state index contributed by atoms with van der Waals surface area (Å²) in [5.41, 5.74) is 3.00. The van der Waals surface area contributed by atoms with Crippen LogP contribution < -0.4 is 5.73 Å². The summed E-state index contributed by atoms with van der Waals surface area (Å²) in [5, 5.41) is 29.8. The molecule has 1 aliphatic heterocycles. The Morgan fingerprint density at radius 1 is 0.719 bits per heavy atom. The molecule has 0 bridgehead atoms. The molecule has 1 fully saturated rings. The van der Waals surface area contributed by atoms with Gasteiger partial charge in [0.25, 0.3) is 11.8 Å². The van der Waals surface area contributed by atoms with E-state index in [0.717, 1.165) is 21.5 Å². The van der Waals surface area contributed by atoms with E-state index < -0.39 is 50.3 Å². The number of aliphatic hydroxyl groups excluding tert-OH is 3. The molecular formula is C44H46N3O9P. The second kappa shape index (κ2) is 17.5. The molecule has 0 saturated carbocycles. The molecule has 6 aromatic rings. The average molecular weight is 792 g/mol. The Kier molecular flexibility index (Phi) is 12.7. The largest absolute Gasteiger partial charge is 0.394 e. The number of rotatable bonds is 10. The van der Waals surface area contributed by atoms with Crippen LogP contribution in [-0.2, 0) is 4.57 Å². The number of fused-ring (bicyclic) bond motifs is 3. The van der Waals surface area contributed by atoms with Crippen LogP contribution in [0, 0.1) is 0 Å². The molecule has 7 rings (SSSR count). The molecule has 1 aliphatic rings. The molecule has 13 heteroatoms. The molecule has 1 atom stereocenters. The van der Waals surface area contributed by atoms with Gasteiger partial charge in [-0.3, -0.25) is 18.9 Å². The number of piperidine rings is 1. The summed E-state index contributed by atoms with van der Waals surface area (Å²) in [6, 6.07) is 36.0. The highest BCUT2D eigenvalue weighted by atomic mass is 31.2. The molecule has 2 amide bonds. The highest BCUT2D eigenvalue weighted by molar-refractivity contribution is 7.53. The van der Waals surface area contributed by atoms with Gasteiger partial charge in [0.1, 0.15) is 5.66 Å². The van der Waals surface area contributed by atoms with Crippen molar-refractivity contribution >= 4 is 57.5 Å². The lowest BCUT2D eigenvalue weighted by Gasteiger charge is -2.37. The Morgan fingerprint density at radius 3 is 1.79 bits per heavy atom. The number of nitrogens with two attached hydrogens (primary N) is 1. The van der Waals surface area contributed by atoms with E-state index in [0.29, 0.717) is 42.3 Å². The first-order valence-corrected chi connectivity index (χ1v) is 20.2. The van der Waals surface area contributed by atoms with Crippen molar-refractivity contribution in [2.24, 2.45) is 5.73 Å². The van der Waals surface area contributed by atoms with E-state index >= 15 is 0 Å². The molecule has 57 heavy (non-hydrogen) atoms. The van der Waals surface area contributed by atoms with Crippen molar-refractivity contribution in [3.63, 3.8) is 0 Å². The fourth-order valence-electron chi connectivity index (χ4n) is 7.20. The molecular weight excluding hydrogens is 745 g/mol. The van der Waals surface area contributed by atoms with Crippen LogP contribution in [0.3, 0.4) is 0 Å². The van der Waals surface area contributed by atoms with Crippen LogP contribution in [-0.4, -0.2) is 104 Å². The van der Waals surface area contributed by atoms with Gasteiger partial charge in [-0.15, -0.1) is 0 Å². The number of ketones is 1. The number of amides is 2. The lowest BCUT2D eigenvalue weighted by atomic mass is 9.91. The number of hydrogen-bond acceptors (Lipinski definition) is 8. The molecule has 12 nitrogen and oxygen atoms in total. The number of hydrogen-bond donors (Lipinski definition) is 6. The molecule has 0 radical (unpaired) electrons. The Labute approximate surface area is 329 Å². The van der Waals surface area contributed by atoms with Gasteiger partial charge in [-0.1, -0.05) is 97.1 Å². The molecule has 0 spiro atoms. The Bertz CT molecular complexity index is 2460. The van der Waals surface area contributed by atoms with Crippen LogP contribution in [0.15, 0.2) is 121 Å². The monoisotopic (exact) mass is 791 g/mol. The lowest BCUT2D eigenvalue weighted by Crippen LogP contribution is -2.50. The van der Waals surface area contributed by atoms with Crippen molar-refractivity contribution in [1.82, 2.24) is 9.80 Å². The zero-order valence-electron chi connectivity index (χ0n) is 31.4. The summed E-state index contributed by atoms with van der Waals surface area (Å²) in [6.07, 6.45) is 1.08. The first-order valence-electron chi connectivity index (χ1n) is 18.5. The highest BCUT2D eigenvalue weighted by Gasteiger charge is 2.41. The summed E-state index contributed by atoms with van der Waals surface area (Å²) < 4.78 is 13.1. The molecule has 296 valence electrons. The highest BCUT2D eigenvalue weighted by Crippen LogP contribution is 2.55. The van der Waals surface area contributed by atoms with Crippen molar-refractivity contribution in [2.45, 2.75) is 30.1 Å². The summed E-state index contributed by atoms with van der Waals surface area (Å²) in [4.78, 5) is 66.8. The van der Waals surface area contributed by atoms with E-state index in [2.05, 4.69) is 0 Å². The van der Waals surface area contributed by atoms with E-state index in [1.165, 1.54) is 0 Å². The SMILES string of the molecule is CN(C(=O)c1cc2ccccc2cc1C(=O)C(c1cccc2ccccc12)P(=O)(O)O)C1CCN(C(=O)c2ccc3ccccc3c2)CC1.NC(CO)(CO)CO. The minimum atomic E-state index is -5.05. The number of carbonyl (C=O) groups is 3. The Hall–Kier alpha value is -5.30. The number of nitrogens with zero attached hydrogens (tertiary/aromatic N) is 2. The Morgan fingerprint density at radius 2 is 1.23 bits per heavy atom. The number of aliphatic hydroxyl groups is 3. The summed E-state index contributed by atoms with van der Waals surface area (Å²) >= 11 is 0. The summed E-state index contributed by atoms with van der Waals surface area (Å²) in [6.45, 7) is -0.294. The third-order valence-electron chi connectivity index (χ3n) is 10.6. The van der Waals surface area contributed by atoms with Crippen molar-refractivity contribution in [3.05, 3.63) is 144 Å². The number of benzene rings is 6. The average Bonchev–Trinajstić information content (AvgIpc) is 3.24. The van der Waals surface area contributed by atoms with Gasteiger partial charge in [0, 0.05) is 37.3 Å². The van der Waals surface area contributed by atoms with Gasteiger partial charge in [0.05, 0.1) is 30.9 Å². The van der Waals surface area contributed by atoms with Crippen LogP contribution in [0.25, 0.3) is 32.3 Å². The number of Topliss-reactive ketones (excluding diaryl/α,β-unsaturated/α-hetero) is 1. The van der Waals surface area contributed by atoms with Gasteiger partial charge >= 0.3 is 7.60 Å². The zero-order valence-corrected chi connectivity index (χ0v) is 32.3. The van der Waals surface area contributed by atoms with Crippen molar-refractivity contribution in [1.29, 1.82) is 0 Å². The molecule has 1 heterocycles. The predicted octanol–water partition coefficient (Wildman–Crippen LogP) is 5.29. The van der Waals surface area contributed by atoms with Gasteiger partial charge in [-0.05, 0) is 75.0 Å². The van der Waals surface area contributed by atoms with E-state index in [4.69, 9.17) is 21.1 Å². The van der Waals surface area contributed by atoms with Gasteiger partial charge in [-0.25, -0.2) is 0 Å². The number of likely N-dealkylation sites (tertiary alicyclic amines) is 1. The smallest absolute Gasteiger partial charge is 0.340 e. The maximum absolute atomic E-state index is 14.4. The van der Waals surface area contributed by atoms with Crippen LogP contribution in [0.1, 0.15) is 55.1 Å². The molecule has 0 aliphatic carbocycles. The van der Waals surface area contributed by atoms with Crippen molar-refractivity contribution in [3.8, 4) is 0 Å². The first kappa shape index (κ1) is 41.3. The van der Waals surface area contributed by atoms with Crippen LogP contribution >= 0.6 is 7.60 Å². The molecule has 6 aromatic carbocycles. The van der Waals surface area contributed by atoms with Crippen LogP contribution in [0.2, 0.25) is 0 Å². The Balaban J connectivity index is 0.000000622. The minimum absolute atomic E-state index is 0.0410. The molecule has 1 saturated heterocycles. The standard InChI is InChI=1S/C40H35N2O6P.C4H11NO3/c1-41(32-19-21-42(22-20-32)39(44)31-18-17-26-9-2-3-11-28(26)23-31)40(45)36-25-30-13-5-4-12-29(30)24-35(36)37(43)38(49(46,47)48)34-16-8-14-27-10-6-7-15-33(27)34;5-4(1-6,2-7)3-8/h2-18,23-25,32,38H,19-22H2,1H3,(H2,46,47,48);6-8H,1-3,5H2. The maximum atomic E-state index is 14.4. The summed E-state index contributed by atoms with van der Waals surface area (Å²) in [7, 11) is -3.37. The maximum Gasteiger partial charge on any atom is 0.340 e. The fourth-order valence-corrected chi connectivity index (χ4v) is 8.23. The van der Waals surface area contributed by atoms with E-state index in [9.17, 15) is 28.7 Å². The van der Waals surface area contributed by atoms with Crippen molar-refractivity contribution < 1.29 is 44.1 Å². The minimum Gasteiger partial charge on any atom is -0.394 e. The fraction of sp³-hybridized carbons (Fsp3) is 0.250. The lowest BCUT2D eigenvalue weighted by molar-refractivity contribution is 0.0567. The first-order chi connectivity index (χ1) is 27.3.